The first kappa shape index (κ1) is 15.1. The molecule has 0 spiro atoms. The maximum Gasteiger partial charge on any atom is 0.363 e. The number of rotatable bonds is 3. The standard InChI is InChI=1S/C16H9BrN2O4/c17-12-7-6-10(9-14(12)19(21)22)8-13-16(20)23-15(18-13)11-4-2-1-3-5-11/h1-9H/b13-8+. The van der Waals surface area contributed by atoms with Crippen molar-refractivity contribution in [3.63, 3.8) is 0 Å². The number of esters is 1. The molecule has 2 aromatic rings. The predicted octanol–water partition coefficient (Wildman–Crippen LogP) is 3.70. The lowest BCUT2D eigenvalue weighted by Crippen LogP contribution is -2.04. The van der Waals surface area contributed by atoms with E-state index in [2.05, 4.69) is 20.9 Å². The van der Waals surface area contributed by atoms with Crippen LogP contribution in [0.25, 0.3) is 6.08 Å². The average molecular weight is 373 g/mol. The Morgan fingerprint density at radius 1 is 1.17 bits per heavy atom. The third-order valence-corrected chi connectivity index (χ3v) is 3.78. The zero-order valence-corrected chi connectivity index (χ0v) is 13.2. The molecule has 0 saturated carbocycles. The summed E-state index contributed by atoms with van der Waals surface area (Å²) in [5, 5.41) is 10.9. The fraction of sp³-hybridized carbons (Fsp3) is 0. The molecule has 0 bridgehead atoms. The molecule has 0 aromatic heterocycles. The number of carbonyl (C=O) groups is 1. The molecule has 0 radical (unpaired) electrons. The number of aliphatic imine (C=N–C) groups is 1. The molecular weight excluding hydrogens is 364 g/mol. The van der Waals surface area contributed by atoms with Crippen molar-refractivity contribution in [2.75, 3.05) is 0 Å². The van der Waals surface area contributed by atoms with Crippen LogP contribution >= 0.6 is 15.9 Å². The molecule has 2 aromatic carbocycles. The van der Waals surface area contributed by atoms with Crippen molar-refractivity contribution >= 4 is 39.6 Å². The molecule has 0 atom stereocenters. The summed E-state index contributed by atoms with van der Waals surface area (Å²) in [4.78, 5) is 26.5. The van der Waals surface area contributed by atoms with Crippen LogP contribution < -0.4 is 0 Å². The lowest BCUT2D eigenvalue weighted by Gasteiger charge is -1.98. The van der Waals surface area contributed by atoms with Gasteiger partial charge in [0, 0.05) is 11.6 Å². The molecule has 7 heteroatoms. The molecule has 0 fully saturated rings. The first-order valence-corrected chi connectivity index (χ1v) is 7.36. The van der Waals surface area contributed by atoms with Gasteiger partial charge in [-0.05, 0) is 45.8 Å². The summed E-state index contributed by atoms with van der Waals surface area (Å²) in [5.41, 5.74) is 1.19. The van der Waals surface area contributed by atoms with Gasteiger partial charge in [0.15, 0.2) is 5.70 Å². The van der Waals surface area contributed by atoms with Crippen molar-refractivity contribution in [2.45, 2.75) is 0 Å². The molecule has 3 rings (SSSR count). The van der Waals surface area contributed by atoms with Crippen molar-refractivity contribution in [1.29, 1.82) is 0 Å². The van der Waals surface area contributed by atoms with Crippen molar-refractivity contribution < 1.29 is 14.5 Å². The van der Waals surface area contributed by atoms with Gasteiger partial charge in [-0.2, -0.15) is 0 Å². The quantitative estimate of drug-likeness (QED) is 0.356. The largest absolute Gasteiger partial charge is 0.402 e. The smallest absolute Gasteiger partial charge is 0.363 e. The third kappa shape index (κ3) is 3.19. The van der Waals surface area contributed by atoms with Gasteiger partial charge in [0.25, 0.3) is 5.69 Å². The van der Waals surface area contributed by atoms with Crippen LogP contribution in [0.2, 0.25) is 0 Å². The predicted molar refractivity (Wildman–Crippen MR) is 87.8 cm³/mol. The molecule has 0 aliphatic carbocycles. The molecule has 23 heavy (non-hydrogen) atoms. The third-order valence-electron chi connectivity index (χ3n) is 3.11. The number of cyclic esters (lactones) is 1. The van der Waals surface area contributed by atoms with Crippen molar-refractivity contribution in [1.82, 2.24) is 0 Å². The number of hydrogen-bond donors (Lipinski definition) is 0. The Kier molecular flexibility index (Phi) is 4.03. The van der Waals surface area contributed by atoms with Gasteiger partial charge in [0.2, 0.25) is 5.90 Å². The molecule has 0 saturated heterocycles. The van der Waals surface area contributed by atoms with E-state index in [1.807, 2.05) is 18.2 Å². The molecule has 1 aliphatic rings. The number of nitrogens with zero attached hydrogens (tertiary/aromatic N) is 2. The number of hydrogen-bond acceptors (Lipinski definition) is 5. The summed E-state index contributed by atoms with van der Waals surface area (Å²) in [7, 11) is 0. The fourth-order valence-electron chi connectivity index (χ4n) is 2.03. The number of carbonyl (C=O) groups excluding carboxylic acids is 1. The average Bonchev–Trinajstić information content (AvgIpc) is 2.91. The van der Waals surface area contributed by atoms with E-state index in [0.29, 0.717) is 15.6 Å². The first-order valence-electron chi connectivity index (χ1n) is 6.56. The van der Waals surface area contributed by atoms with Crippen LogP contribution in [0.15, 0.2) is 63.7 Å². The second-order valence-corrected chi connectivity index (χ2v) is 5.52. The van der Waals surface area contributed by atoms with Crippen molar-refractivity contribution in [3.05, 3.63) is 79.9 Å². The van der Waals surface area contributed by atoms with Crippen LogP contribution in [-0.4, -0.2) is 16.8 Å². The van der Waals surface area contributed by atoms with Crippen LogP contribution in [0.3, 0.4) is 0 Å². The lowest BCUT2D eigenvalue weighted by molar-refractivity contribution is -0.385. The zero-order chi connectivity index (χ0) is 16.4. The van der Waals surface area contributed by atoms with Crippen molar-refractivity contribution in [3.8, 4) is 0 Å². The van der Waals surface area contributed by atoms with Crippen LogP contribution in [0.1, 0.15) is 11.1 Å². The molecule has 114 valence electrons. The Bertz CT molecular complexity index is 860. The number of benzene rings is 2. The van der Waals surface area contributed by atoms with E-state index < -0.39 is 10.9 Å². The Labute approximate surface area is 139 Å². The molecule has 1 aliphatic heterocycles. The Morgan fingerprint density at radius 2 is 1.91 bits per heavy atom. The Hall–Kier alpha value is -2.80. The van der Waals surface area contributed by atoms with Crippen LogP contribution in [0, 0.1) is 10.1 Å². The second-order valence-electron chi connectivity index (χ2n) is 4.67. The Morgan fingerprint density at radius 3 is 2.61 bits per heavy atom. The molecular formula is C16H9BrN2O4. The molecule has 0 N–H and O–H groups in total. The van der Waals surface area contributed by atoms with Gasteiger partial charge in [0.1, 0.15) is 0 Å². The molecule has 0 unspecified atom stereocenters. The Balaban J connectivity index is 1.97. The van der Waals surface area contributed by atoms with Crippen LogP contribution in [0.4, 0.5) is 5.69 Å². The van der Waals surface area contributed by atoms with E-state index in [9.17, 15) is 14.9 Å². The van der Waals surface area contributed by atoms with Gasteiger partial charge in [-0.1, -0.05) is 24.3 Å². The van der Waals surface area contributed by atoms with Gasteiger partial charge in [-0.15, -0.1) is 0 Å². The van der Waals surface area contributed by atoms with E-state index in [1.54, 1.807) is 24.3 Å². The van der Waals surface area contributed by atoms with E-state index in [4.69, 9.17) is 4.74 Å². The van der Waals surface area contributed by atoms with Gasteiger partial charge >= 0.3 is 5.97 Å². The molecule has 1 heterocycles. The van der Waals surface area contributed by atoms with E-state index >= 15 is 0 Å². The SMILES string of the molecule is O=C1OC(c2ccccc2)=N/C1=C/c1ccc(Br)c([N+](=O)[O-])c1. The summed E-state index contributed by atoms with van der Waals surface area (Å²) < 4.78 is 5.50. The highest BCUT2D eigenvalue weighted by atomic mass is 79.9. The van der Waals surface area contributed by atoms with Crippen molar-refractivity contribution in [2.24, 2.45) is 4.99 Å². The highest BCUT2D eigenvalue weighted by Gasteiger charge is 2.24. The van der Waals surface area contributed by atoms with E-state index in [-0.39, 0.29) is 17.3 Å². The van der Waals surface area contributed by atoms with Crippen LogP contribution in [-0.2, 0) is 9.53 Å². The first-order chi connectivity index (χ1) is 11.0. The van der Waals surface area contributed by atoms with Gasteiger partial charge in [0.05, 0.1) is 9.40 Å². The number of halogens is 1. The maximum atomic E-state index is 11.9. The van der Waals surface area contributed by atoms with Gasteiger partial charge < -0.3 is 4.74 Å². The fourth-order valence-corrected chi connectivity index (χ4v) is 2.42. The molecule has 6 nitrogen and oxygen atoms in total. The summed E-state index contributed by atoms with van der Waals surface area (Å²) in [5.74, 6) is -0.372. The normalized spacial score (nSPS) is 15.4. The molecule has 0 amide bonds. The minimum atomic E-state index is -0.588. The summed E-state index contributed by atoms with van der Waals surface area (Å²) >= 11 is 3.11. The number of nitro benzene ring substituents is 1. The maximum absolute atomic E-state index is 11.9. The lowest BCUT2D eigenvalue weighted by atomic mass is 10.1. The minimum absolute atomic E-state index is 0.0852. The van der Waals surface area contributed by atoms with Gasteiger partial charge in [-0.25, -0.2) is 9.79 Å². The highest BCUT2D eigenvalue weighted by molar-refractivity contribution is 9.10. The van der Waals surface area contributed by atoms with Crippen LogP contribution in [0.5, 0.6) is 0 Å². The minimum Gasteiger partial charge on any atom is -0.402 e. The zero-order valence-electron chi connectivity index (χ0n) is 11.6. The number of nitro groups is 1. The monoisotopic (exact) mass is 372 g/mol. The summed E-state index contributed by atoms with van der Waals surface area (Å²) in [6.45, 7) is 0. The highest BCUT2D eigenvalue weighted by Crippen LogP contribution is 2.27. The van der Waals surface area contributed by atoms with Gasteiger partial charge in [-0.3, -0.25) is 10.1 Å². The number of ether oxygens (including phenoxy) is 1. The van der Waals surface area contributed by atoms with E-state index in [0.717, 1.165) is 0 Å². The topological polar surface area (TPSA) is 81.8 Å². The summed E-state index contributed by atoms with van der Waals surface area (Å²) in [6, 6.07) is 13.6. The summed E-state index contributed by atoms with van der Waals surface area (Å²) in [6.07, 6.45) is 1.46. The van der Waals surface area contributed by atoms with E-state index in [1.165, 1.54) is 12.1 Å². The second kappa shape index (κ2) is 6.13.